The van der Waals surface area contributed by atoms with Crippen LogP contribution in [0.1, 0.15) is 45.1 Å². The van der Waals surface area contributed by atoms with Crippen LogP contribution in [0.15, 0.2) is 30.3 Å². The molecule has 1 unspecified atom stereocenters. The Morgan fingerprint density at radius 1 is 1.19 bits per heavy atom. The average molecular weight is 288 g/mol. The van der Waals surface area contributed by atoms with Crippen molar-refractivity contribution in [2.75, 3.05) is 19.8 Å². The number of rotatable bonds is 11. The van der Waals surface area contributed by atoms with Crippen molar-refractivity contribution < 1.29 is 4.74 Å². The molecule has 0 aliphatic carbocycles. The largest absolute Gasteiger partial charge is 0.381 e. The molecule has 1 aromatic rings. The molecule has 0 heterocycles. The van der Waals surface area contributed by atoms with Crippen LogP contribution in [0.5, 0.6) is 0 Å². The highest BCUT2D eigenvalue weighted by molar-refractivity contribution is 5.14. The van der Waals surface area contributed by atoms with Crippen molar-refractivity contribution in [3.63, 3.8) is 0 Å². The van der Waals surface area contributed by atoms with E-state index in [1.54, 1.807) is 0 Å². The molecule has 0 saturated carbocycles. The summed E-state index contributed by atoms with van der Waals surface area (Å²) in [5.74, 6) is 0. The van der Waals surface area contributed by atoms with E-state index >= 15 is 0 Å². The van der Waals surface area contributed by atoms with Crippen LogP contribution < -0.4 is 5.32 Å². The van der Waals surface area contributed by atoms with Gasteiger partial charge in [0.25, 0.3) is 0 Å². The fourth-order valence-electron chi connectivity index (χ4n) is 2.24. The summed E-state index contributed by atoms with van der Waals surface area (Å²) in [6, 6.07) is 12.9. The summed E-state index contributed by atoms with van der Waals surface area (Å²) >= 11 is 0. The second kappa shape index (κ2) is 10.4. The van der Waals surface area contributed by atoms with Gasteiger partial charge >= 0.3 is 0 Å². The molecule has 3 nitrogen and oxygen atoms in total. The molecule has 3 heteroatoms. The zero-order valence-electron chi connectivity index (χ0n) is 13.4. The number of hydrogen-bond acceptors (Lipinski definition) is 3. The molecule has 0 aliphatic rings. The molecule has 0 radical (unpaired) electrons. The van der Waals surface area contributed by atoms with E-state index in [4.69, 9.17) is 4.74 Å². The minimum atomic E-state index is -0.413. The number of benzene rings is 1. The summed E-state index contributed by atoms with van der Waals surface area (Å²) in [4.78, 5) is 0. The zero-order chi connectivity index (χ0) is 15.4. The van der Waals surface area contributed by atoms with Crippen LogP contribution in [-0.2, 0) is 11.2 Å². The van der Waals surface area contributed by atoms with Crippen molar-refractivity contribution >= 4 is 0 Å². The van der Waals surface area contributed by atoms with Gasteiger partial charge < -0.3 is 4.74 Å². The van der Waals surface area contributed by atoms with E-state index in [1.165, 1.54) is 5.56 Å². The van der Waals surface area contributed by atoms with E-state index in [0.717, 1.165) is 51.9 Å². The van der Waals surface area contributed by atoms with Gasteiger partial charge in [0.05, 0.1) is 6.07 Å². The molecule has 0 bridgehead atoms. The molecule has 1 aromatic carbocycles. The minimum absolute atomic E-state index is 0.413. The van der Waals surface area contributed by atoms with E-state index in [-0.39, 0.29) is 0 Å². The van der Waals surface area contributed by atoms with Crippen molar-refractivity contribution in [3.8, 4) is 6.07 Å². The molecule has 1 atom stereocenters. The standard InChI is InChI=1S/C18H28N2O/c1-3-13-20-18(2,16-19)12-8-15-21-14-7-11-17-9-5-4-6-10-17/h4-6,9-10,20H,3,7-8,11-15H2,1-2H3. The molecule has 0 spiro atoms. The number of nitrogens with one attached hydrogen (secondary N) is 1. The lowest BCUT2D eigenvalue weighted by Crippen LogP contribution is -2.41. The zero-order valence-corrected chi connectivity index (χ0v) is 13.4. The maximum absolute atomic E-state index is 9.23. The smallest absolute Gasteiger partial charge is 0.104 e. The average Bonchev–Trinajstić information content (AvgIpc) is 2.53. The van der Waals surface area contributed by atoms with Crippen LogP contribution in [0, 0.1) is 11.3 Å². The Balaban J connectivity index is 2.05. The molecule has 1 N–H and O–H groups in total. The highest BCUT2D eigenvalue weighted by Crippen LogP contribution is 2.11. The topological polar surface area (TPSA) is 45.0 Å². The Labute approximate surface area is 129 Å². The number of hydrogen-bond donors (Lipinski definition) is 1. The second-order valence-corrected chi connectivity index (χ2v) is 5.68. The maximum Gasteiger partial charge on any atom is 0.104 e. The second-order valence-electron chi connectivity index (χ2n) is 5.68. The van der Waals surface area contributed by atoms with Gasteiger partial charge in [-0.05, 0) is 51.1 Å². The number of ether oxygens (including phenoxy) is 1. The van der Waals surface area contributed by atoms with Gasteiger partial charge in [0.1, 0.15) is 5.54 Å². The molecule has 1 rings (SSSR count). The highest BCUT2D eigenvalue weighted by Gasteiger charge is 2.21. The van der Waals surface area contributed by atoms with Gasteiger partial charge in [-0.3, -0.25) is 5.32 Å². The van der Waals surface area contributed by atoms with Gasteiger partial charge in [-0.15, -0.1) is 0 Å². The third-order valence-corrected chi connectivity index (χ3v) is 3.57. The lowest BCUT2D eigenvalue weighted by molar-refractivity contribution is 0.124. The fourth-order valence-corrected chi connectivity index (χ4v) is 2.24. The van der Waals surface area contributed by atoms with Crippen molar-refractivity contribution in [1.82, 2.24) is 5.32 Å². The predicted molar refractivity (Wildman–Crippen MR) is 87.1 cm³/mol. The normalized spacial score (nSPS) is 13.6. The summed E-state index contributed by atoms with van der Waals surface area (Å²) < 4.78 is 5.66. The first-order chi connectivity index (χ1) is 10.2. The first kappa shape index (κ1) is 17.7. The minimum Gasteiger partial charge on any atom is -0.381 e. The van der Waals surface area contributed by atoms with Gasteiger partial charge in [-0.25, -0.2) is 0 Å². The van der Waals surface area contributed by atoms with Crippen molar-refractivity contribution in [1.29, 1.82) is 5.26 Å². The molecule has 0 fully saturated rings. The SMILES string of the molecule is CCCNC(C)(C#N)CCCOCCCc1ccccc1. The van der Waals surface area contributed by atoms with Crippen LogP contribution in [0.2, 0.25) is 0 Å². The third kappa shape index (κ3) is 7.84. The Morgan fingerprint density at radius 3 is 2.57 bits per heavy atom. The summed E-state index contributed by atoms with van der Waals surface area (Å²) in [5.41, 5.74) is 0.950. The van der Waals surface area contributed by atoms with Crippen molar-refractivity contribution in [2.45, 2.75) is 51.5 Å². The highest BCUT2D eigenvalue weighted by atomic mass is 16.5. The van der Waals surface area contributed by atoms with Crippen LogP contribution in [0.4, 0.5) is 0 Å². The van der Waals surface area contributed by atoms with E-state index < -0.39 is 5.54 Å². The van der Waals surface area contributed by atoms with Gasteiger partial charge in [-0.1, -0.05) is 37.3 Å². The molecular formula is C18H28N2O. The molecule has 0 aromatic heterocycles. The molecule has 0 saturated heterocycles. The molecule has 0 amide bonds. The summed E-state index contributed by atoms with van der Waals surface area (Å²) in [6.07, 6.45) is 4.92. The van der Waals surface area contributed by atoms with Crippen LogP contribution in [0.25, 0.3) is 0 Å². The summed E-state index contributed by atoms with van der Waals surface area (Å²) in [5, 5.41) is 12.5. The first-order valence-corrected chi connectivity index (χ1v) is 7.98. The van der Waals surface area contributed by atoms with Gasteiger partial charge in [0.15, 0.2) is 0 Å². The van der Waals surface area contributed by atoms with Gasteiger partial charge in [0, 0.05) is 13.2 Å². The number of aryl methyl sites for hydroxylation is 1. The Kier molecular flexibility index (Phi) is 8.73. The van der Waals surface area contributed by atoms with E-state index in [9.17, 15) is 5.26 Å². The Morgan fingerprint density at radius 2 is 1.90 bits per heavy atom. The summed E-state index contributed by atoms with van der Waals surface area (Å²) in [6.45, 7) is 6.50. The van der Waals surface area contributed by atoms with Crippen LogP contribution in [-0.4, -0.2) is 25.3 Å². The monoisotopic (exact) mass is 288 g/mol. The maximum atomic E-state index is 9.23. The van der Waals surface area contributed by atoms with Gasteiger partial charge in [-0.2, -0.15) is 5.26 Å². The molecular weight excluding hydrogens is 260 g/mol. The lowest BCUT2D eigenvalue weighted by atomic mass is 9.98. The van der Waals surface area contributed by atoms with E-state index in [1.807, 2.05) is 13.0 Å². The van der Waals surface area contributed by atoms with Crippen molar-refractivity contribution in [3.05, 3.63) is 35.9 Å². The third-order valence-electron chi connectivity index (χ3n) is 3.57. The quantitative estimate of drug-likeness (QED) is 0.631. The van der Waals surface area contributed by atoms with E-state index in [0.29, 0.717) is 0 Å². The lowest BCUT2D eigenvalue weighted by Gasteiger charge is -2.22. The molecule has 116 valence electrons. The predicted octanol–water partition coefficient (Wildman–Crippen LogP) is 3.70. The van der Waals surface area contributed by atoms with Crippen LogP contribution >= 0.6 is 0 Å². The fraction of sp³-hybridized carbons (Fsp3) is 0.611. The van der Waals surface area contributed by atoms with Gasteiger partial charge in [0.2, 0.25) is 0 Å². The number of nitrogens with zero attached hydrogens (tertiary/aromatic N) is 1. The van der Waals surface area contributed by atoms with Crippen LogP contribution in [0.3, 0.4) is 0 Å². The number of nitriles is 1. The molecule has 0 aliphatic heterocycles. The van der Waals surface area contributed by atoms with E-state index in [2.05, 4.69) is 42.6 Å². The summed E-state index contributed by atoms with van der Waals surface area (Å²) in [7, 11) is 0. The van der Waals surface area contributed by atoms with Crippen molar-refractivity contribution in [2.24, 2.45) is 0 Å². The Bertz CT molecular complexity index is 413. The Hall–Kier alpha value is -1.37. The first-order valence-electron chi connectivity index (χ1n) is 7.98. The molecule has 21 heavy (non-hydrogen) atoms.